The molecule has 1 aromatic carbocycles. The summed E-state index contributed by atoms with van der Waals surface area (Å²) >= 11 is 7.98. The van der Waals surface area contributed by atoms with Crippen LogP contribution in [-0.2, 0) is 5.41 Å². The molecule has 1 N–H and O–H groups in total. The lowest BCUT2D eigenvalue weighted by Gasteiger charge is -2.19. The highest BCUT2D eigenvalue weighted by molar-refractivity contribution is 8.00. The van der Waals surface area contributed by atoms with Crippen molar-refractivity contribution in [2.75, 3.05) is 4.72 Å². The Morgan fingerprint density at radius 1 is 1.00 bits per heavy atom. The normalized spacial score (nSPS) is 11.8. The smallest absolute Gasteiger partial charge is 0.138 e. The molecule has 0 amide bonds. The second-order valence-corrected chi connectivity index (χ2v) is 9.35. The van der Waals surface area contributed by atoms with E-state index in [9.17, 15) is 0 Å². The van der Waals surface area contributed by atoms with Crippen LogP contribution in [0.1, 0.15) is 32.0 Å². The Labute approximate surface area is 180 Å². The van der Waals surface area contributed by atoms with Crippen LogP contribution < -0.4 is 4.72 Å². The number of rotatable bonds is 4. The lowest BCUT2D eigenvalue weighted by molar-refractivity contribution is 0.590. The van der Waals surface area contributed by atoms with Crippen LogP contribution in [0.4, 0.5) is 5.82 Å². The van der Waals surface area contributed by atoms with Gasteiger partial charge in [0.1, 0.15) is 5.82 Å². The van der Waals surface area contributed by atoms with Crippen LogP contribution in [0.5, 0.6) is 0 Å². The van der Waals surface area contributed by atoms with Crippen molar-refractivity contribution in [1.29, 1.82) is 0 Å². The van der Waals surface area contributed by atoms with Crippen LogP contribution in [-0.4, -0.2) is 14.6 Å². The van der Waals surface area contributed by atoms with E-state index < -0.39 is 0 Å². The Hall–Kier alpha value is -2.50. The molecule has 4 rings (SSSR count). The van der Waals surface area contributed by atoms with Crippen LogP contribution in [0.3, 0.4) is 0 Å². The Bertz CT molecular complexity index is 1140. The number of halogens is 1. The number of benzene rings is 1. The van der Waals surface area contributed by atoms with Gasteiger partial charge in [0.15, 0.2) is 0 Å². The molecular weight excluding hydrogens is 400 g/mol. The van der Waals surface area contributed by atoms with E-state index in [0.717, 1.165) is 33.2 Å². The number of aryl methyl sites for hydroxylation is 1. The Morgan fingerprint density at radius 2 is 1.76 bits per heavy atom. The molecule has 3 aromatic heterocycles. The van der Waals surface area contributed by atoms with Gasteiger partial charge in [-0.15, -0.1) is 0 Å². The van der Waals surface area contributed by atoms with E-state index in [-0.39, 0.29) is 5.41 Å². The highest BCUT2D eigenvalue weighted by atomic mass is 35.5. The largest absolute Gasteiger partial charge is 0.310 e. The fourth-order valence-electron chi connectivity index (χ4n) is 3.01. The summed E-state index contributed by atoms with van der Waals surface area (Å²) in [6.45, 7) is 8.63. The molecule has 0 bridgehead atoms. The van der Waals surface area contributed by atoms with Crippen LogP contribution in [0.15, 0.2) is 65.7 Å². The second-order valence-electron chi connectivity index (χ2n) is 8.06. The maximum atomic E-state index is 6.42. The molecule has 29 heavy (non-hydrogen) atoms. The minimum absolute atomic E-state index is 0.148. The molecule has 0 unspecified atom stereocenters. The van der Waals surface area contributed by atoms with Gasteiger partial charge in [0.25, 0.3) is 0 Å². The third kappa shape index (κ3) is 4.26. The van der Waals surface area contributed by atoms with Crippen molar-refractivity contribution in [2.45, 2.75) is 38.0 Å². The molecule has 148 valence electrons. The van der Waals surface area contributed by atoms with E-state index in [0.29, 0.717) is 5.02 Å². The summed E-state index contributed by atoms with van der Waals surface area (Å²) in [6, 6.07) is 18.5. The zero-order valence-corrected chi connectivity index (χ0v) is 18.5. The quantitative estimate of drug-likeness (QED) is 0.368. The van der Waals surface area contributed by atoms with Crippen molar-refractivity contribution in [3.63, 3.8) is 0 Å². The van der Waals surface area contributed by atoms with E-state index in [1.54, 1.807) is 11.9 Å². The number of aromatic nitrogens is 3. The van der Waals surface area contributed by atoms with Gasteiger partial charge in [-0.2, -0.15) is 5.10 Å². The molecule has 3 heterocycles. The van der Waals surface area contributed by atoms with Gasteiger partial charge in [-0.05, 0) is 72.3 Å². The average Bonchev–Trinajstić information content (AvgIpc) is 3.14. The van der Waals surface area contributed by atoms with E-state index in [1.165, 1.54) is 5.56 Å². The molecule has 0 saturated heterocycles. The molecule has 0 radical (unpaired) electrons. The first-order valence-electron chi connectivity index (χ1n) is 9.46. The van der Waals surface area contributed by atoms with Gasteiger partial charge in [-0.1, -0.05) is 44.5 Å². The Balaban J connectivity index is 1.60. The van der Waals surface area contributed by atoms with Gasteiger partial charge in [0.2, 0.25) is 0 Å². The zero-order chi connectivity index (χ0) is 20.6. The zero-order valence-electron chi connectivity index (χ0n) is 16.9. The predicted molar refractivity (Wildman–Crippen MR) is 123 cm³/mol. The first kappa shape index (κ1) is 19.8. The van der Waals surface area contributed by atoms with E-state index in [1.807, 2.05) is 48.0 Å². The lowest BCUT2D eigenvalue weighted by atomic mass is 9.87. The summed E-state index contributed by atoms with van der Waals surface area (Å²) in [5.41, 5.74) is 5.11. The molecule has 0 saturated carbocycles. The molecule has 4 nitrogen and oxygen atoms in total. The third-order valence-electron chi connectivity index (χ3n) is 4.77. The topological polar surface area (TPSA) is 42.2 Å². The number of nitrogens with one attached hydrogen (secondary N) is 1. The SMILES string of the molecule is Cc1ccc(-c2cc3c(Cl)ccc(NSc4ccc(C(C)(C)C)cc4)n3n2)cn1. The monoisotopic (exact) mass is 422 g/mol. The number of anilines is 1. The summed E-state index contributed by atoms with van der Waals surface area (Å²) in [6.07, 6.45) is 1.84. The summed E-state index contributed by atoms with van der Waals surface area (Å²) in [5.74, 6) is 0.862. The van der Waals surface area contributed by atoms with E-state index in [2.05, 4.69) is 54.7 Å². The summed E-state index contributed by atoms with van der Waals surface area (Å²) < 4.78 is 5.25. The van der Waals surface area contributed by atoms with Gasteiger partial charge in [-0.3, -0.25) is 4.98 Å². The first-order valence-corrected chi connectivity index (χ1v) is 10.7. The van der Waals surface area contributed by atoms with Crippen molar-refractivity contribution in [1.82, 2.24) is 14.6 Å². The lowest BCUT2D eigenvalue weighted by Crippen LogP contribution is -2.10. The maximum Gasteiger partial charge on any atom is 0.138 e. The maximum absolute atomic E-state index is 6.42. The minimum Gasteiger partial charge on any atom is -0.310 e. The molecule has 0 aliphatic heterocycles. The predicted octanol–water partition coefficient (Wildman–Crippen LogP) is 6.77. The van der Waals surface area contributed by atoms with Crippen molar-refractivity contribution in [3.05, 3.63) is 77.1 Å². The fraction of sp³-hybridized carbons (Fsp3) is 0.217. The van der Waals surface area contributed by atoms with Crippen LogP contribution in [0.25, 0.3) is 16.8 Å². The third-order valence-corrected chi connectivity index (χ3v) is 5.91. The van der Waals surface area contributed by atoms with Crippen molar-refractivity contribution < 1.29 is 0 Å². The first-order chi connectivity index (χ1) is 13.8. The number of hydrogen-bond acceptors (Lipinski definition) is 4. The molecule has 6 heteroatoms. The summed E-state index contributed by atoms with van der Waals surface area (Å²) in [4.78, 5) is 5.50. The highest BCUT2D eigenvalue weighted by Gasteiger charge is 2.14. The fourth-order valence-corrected chi connectivity index (χ4v) is 3.86. The number of pyridine rings is 2. The van der Waals surface area contributed by atoms with Gasteiger partial charge in [-0.25, -0.2) is 4.52 Å². The molecule has 0 aliphatic rings. The molecule has 0 fully saturated rings. The van der Waals surface area contributed by atoms with E-state index >= 15 is 0 Å². The van der Waals surface area contributed by atoms with Gasteiger partial charge in [0.05, 0.1) is 16.2 Å². The van der Waals surface area contributed by atoms with Crippen LogP contribution in [0.2, 0.25) is 5.02 Å². The average molecular weight is 423 g/mol. The standard InChI is InChI=1S/C23H23ClN4S/c1-15-5-6-16(14-25-15)20-13-21-19(24)11-12-22(28(21)26-20)27-29-18-9-7-17(8-10-18)23(2,3)4/h5-14,27H,1-4H3. The number of nitrogens with zero attached hydrogens (tertiary/aromatic N) is 3. The Kier molecular flexibility index (Phi) is 5.28. The van der Waals surface area contributed by atoms with Crippen LogP contribution in [0, 0.1) is 6.92 Å². The van der Waals surface area contributed by atoms with Gasteiger partial charge >= 0.3 is 0 Å². The molecule has 0 aliphatic carbocycles. The molecule has 4 aromatic rings. The number of fused-ring (bicyclic) bond motifs is 1. The molecule has 0 atom stereocenters. The van der Waals surface area contributed by atoms with Crippen molar-refractivity contribution in [3.8, 4) is 11.3 Å². The van der Waals surface area contributed by atoms with Crippen LogP contribution >= 0.6 is 23.5 Å². The van der Waals surface area contributed by atoms with Gasteiger partial charge in [0, 0.05) is 22.3 Å². The summed E-state index contributed by atoms with van der Waals surface area (Å²) in [7, 11) is 0. The summed E-state index contributed by atoms with van der Waals surface area (Å²) in [5, 5.41) is 5.41. The van der Waals surface area contributed by atoms with E-state index in [4.69, 9.17) is 16.7 Å². The minimum atomic E-state index is 0.148. The van der Waals surface area contributed by atoms with Gasteiger partial charge < -0.3 is 4.72 Å². The second kappa shape index (κ2) is 7.73. The highest BCUT2D eigenvalue weighted by Crippen LogP contribution is 2.30. The molecular formula is C23H23ClN4S. The van der Waals surface area contributed by atoms with Crippen molar-refractivity contribution >= 4 is 34.9 Å². The molecule has 0 spiro atoms. The van der Waals surface area contributed by atoms with Crippen molar-refractivity contribution in [2.24, 2.45) is 0 Å². The number of hydrogen-bond donors (Lipinski definition) is 1. The Morgan fingerprint density at radius 3 is 2.41 bits per heavy atom.